The van der Waals surface area contributed by atoms with E-state index in [1.807, 2.05) is 0 Å². The van der Waals surface area contributed by atoms with E-state index in [-0.39, 0.29) is 17.1 Å². The number of hydrogen-bond acceptors (Lipinski definition) is 5. The Hall–Kier alpha value is -3.75. The number of pyridine rings is 1. The van der Waals surface area contributed by atoms with E-state index in [2.05, 4.69) is 20.4 Å². The molecule has 2 N–H and O–H groups in total. The summed E-state index contributed by atoms with van der Waals surface area (Å²) < 4.78 is 45.7. The van der Waals surface area contributed by atoms with Gasteiger partial charge in [0, 0.05) is 17.6 Å². The predicted octanol–water partition coefficient (Wildman–Crippen LogP) is 4.98. The molecule has 0 bridgehead atoms. The van der Waals surface area contributed by atoms with Gasteiger partial charge in [0.25, 0.3) is 5.91 Å². The van der Waals surface area contributed by atoms with Gasteiger partial charge < -0.3 is 20.1 Å². The molecular formula is C20H16F3N3O3. The van der Waals surface area contributed by atoms with Gasteiger partial charge in [-0.05, 0) is 60.7 Å². The molecule has 0 aliphatic heterocycles. The van der Waals surface area contributed by atoms with Crippen molar-refractivity contribution in [2.45, 2.75) is 6.36 Å². The monoisotopic (exact) mass is 403 g/mol. The molecule has 1 amide bonds. The number of nitrogens with zero attached hydrogens (tertiary/aromatic N) is 1. The van der Waals surface area contributed by atoms with Gasteiger partial charge in [0.2, 0.25) is 0 Å². The molecule has 1 heterocycles. The van der Waals surface area contributed by atoms with Gasteiger partial charge in [-0.1, -0.05) is 0 Å². The van der Waals surface area contributed by atoms with Crippen molar-refractivity contribution in [1.82, 2.24) is 4.98 Å². The molecule has 0 saturated carbocycles. The molecule has 0 saturated heterocycles. The molecule has 6 nitrogen and oxygen atoms in total. The van der Waals surface area contributed by atoms with Crippen LogP contribution in [0.4, 0.5) is 30.4 Å². The maximum Gasteiger partial charge on any atom is 0.573 e. The highest BCUT2D eigenvalue weighted by atomic mass is 19.4. The number of alkyl halides is 3. The molecule has 0 aliphatic rings. The fourth-order valence-corrected chi connectivity index (χ4v) is 2.44. The molecule has 1 aromatic heterocycles. The second-order valence-corrected chi connectivity index (χ2v) is 5.78. The number of hydrogen-bond donors (Lipinski definition) is 2. The van der Waals surface area contributed by atoms with E-state index in [9.17, 15) is 18.0 Å². The van der Waals surface area contributed by atoms with Crippen molar-refractivity contribution in [2.24, 2.45) is 0 Å². The Kier molecular flexibility index (Phi) is 5.87. The molecular weight excluding hydrogens is 387 g/mol. The van der Waals surface area contributed by atoms with Crippen LogP contribution >= 0.6 is 0 Å². The first-order valence-electron chi connectivity index (χ1n) is 8.37. The van der Waals surface area contributed by atoms with Crippen molar-refractivity contribution >= 4 is 23.1 Å². The smallest absolute Gasteiger partial charge is 0.497 e. The van der Waals surface area contributed by atoms with E-state index in [0.717, 1.165) is 12.1 Å². The van der Waals surface area contributed by atoms with Crippen molar-refractivity contribution in [3.05, 3.63) is 72.4 Å². The highest BCUT2D eigenvalue weighted by Gasteiger charge is 2.30. The number of amides is 1. The van der Waals surface area contributed by atoms with Gasteiger partial charge in [-0.15, -0.1) is 13.2 Å². The Morgan fingerprint density at radius 1 is 0.931 bits per heavy atom. The lowest BCUT2D eigenvalue weighted by Gasteiger charge is -2.13. The van der Waals surface area contributed by atoms with Gasteiger partial charge in [0.05, 0.1) is 12.7 Å². The SMILES string of the molecule is COc1ccc(NC(=O)c2cccnc2Nc2ccc(OC(F)(F)F)cc2)cc1. The van der Waals surface area contributed by atoms with Crippen LogP contribution in [0.15, 0.2) is 66.9 Å². The molecule has 0 aliphatic carbocycles. The summed E-state index contributed by atoms with van der Waals surface area (Å²) in [6, 6.07) is 15.1. The number of carbonyl (C=O) groups excluding carboxylic acids is 1. The number of nitrogens with one attached hydrogen (secondary N) is 2. The van der Waals surface area contributed by atoms with Crippen LogP contribution in [0.1, 0.15) is 10.4 Å². The molecule has 3 rings (SSSR count). The lowest BCUT2D eigenvalue weighted by Crippen LogP contribution is -2.17. The molecule has 2 aromatic carbocycles. The Morgan fingerprint density at radius 2 is 1.55 bits per heavy atom. The van der Waals surface area contributed by atoms with Crippen LogP contribution in [0.5, 0.6) is 11.5 Å². The van der Waals surface area contributed by atoms with Crippen LogP contribution in [0.2, 0.25) is 0 Å². The van der Waals surface area contributed by atoms with Crippen LogP contribution in [0.25, 0.3) is 0 Å². The molecule has 0 spiro atoms. The summed E-state index contributed by atoms with van der Waals surface area (Å²) in [5.41, 5.74) is 1.27. The molecule has 0 atom stereocenters. The summed E-state index contributed by atoms with van der Waals surface area (Å²) in [5, 5.41) is 5.67. The minimum absolute atomic E-state index is 0.253. The Labute approximate surface area is 164 Å². The zero-order valence-electron chi connectivity index (χ0n) is 15.2. The standard InChI is InChI=1S/C20H16F3N3O3/c1-28-15-8-4-14(5-9-15)26-19(27)17-3-2-12-24-18(17)25-13-6-10-16(11-7-13)29-20(21,22)23/h2-12H,1H3,(H,24,25)(H,26,27). The van der Waals surface area contributed by atoms with E-state index >= 15 is 0 Å². The molecule has 0 unspecified atom stereocenters. The van der Waals surface area contributed by atoms with Gasteiger partial charge in [0.1, 0.15) is 17.3 Å². The molecule has 0 fully saturated rings. The van der Waals surface area contributed by atoms with Gasteiger partial charge in [-0.2, -0.15) is 0 Å². The maximum absolute atomic E-state index is 12.6. The maximum atomic E-state index is 12.6. The van der Waals surface area contributed by atoms with Crippen molar-refractivity contribution in [3.63, 3.8) is 0 Å². The number of benzene rings is 2. The number of anilines is 3. The number of aromatic nitrogens is 1. The van der Waals surface area contributed by atoms with E-state index in [1.165, 1.54) is 18.3 Å². The number of halogens is 3. The topological polar surface area (TPSA) is 72.5 Å². The minimum Gasteiger partial charge on any atom is -0.497 e. The van der Waals surface area contributed by atoms with Crippen LogP contribution in [0, 0.1) is 0 Å². The zero-order valence-corrected chi connectivity index (χ0v) is 15.2. The Morgan fingerprint density at radius 3 is 2.17 bits per heavy atom. The number of ether oxygens (including phenoxy) is 2. The van der Waals surface area contributed by atoms with Gasteiger partial charge in [-0.3, -0.25) is 4.79 Å². The largest absolute Gasteiger partial charge is 0.573 e. The fourth-order valence-electron chi connectivity index (χ4n) is 2.44. The summed E-state index contributed by atoms with van der Waals surface area (Å²) in [5.74, 6) is 0.164. The van der Waals surface area contributed by atoms with Crippen LogP contribution in [0.3, 0.4) is 0 Å². The van der Waals surface area contributed by atoms with Crippen molar-refractivity contribution in [1.29, 1.82) is 0 Å². The highest BCUT2D eigenvalue weighted by molar-refractivity contribution is 6.07. The lowest BCUT2D eigenvalue weighted by atomic mass is 10.2. The van der Waals surface area contributed by atoms with E-state index in [4.69, 9.17) is 4.74 Å². The number of methoxy groups -OCH3 is 1. The zero-order chi connectivity index (χ0) is 20.9. The molecule has 9 heteroatoms. The summed E-state index contributed by atoms with van der Waals surface area (Å²) in [4.78, 5) is 16.8. The first-order chi connectivity index (χ1) is 13.8. The van der Waals surface area contributed by atoms with Gasteiger partial charge in [0.15, 0.2) is 0 Å². The third-order valence-electron chi connectivity index (χ3n) is 3.75. The molecule has 3 aromatic rings. The summed E-state index contributed by atoms with van der Waals surface area (Å²) in [6.07, 6.45) is -3.27. The highest BCUT2D eigenvalue weighted by Crippen LogP contribution is 2.26. The van der Waals surface area contributed by atoms with E-state index < -0.39 is 12.3 Å². The van der Waals surface area contributed by atoms with E-state index in [1.54, 1.807) is 43.5 Å². The van der Waals surface area contributed by atoms with Crippen LogP contribution in [-0.2, 0) is 0 Å². The molecule has 0 radical (unpaired) electrons. The first kappa shape index (κ1) is 20.0. The lowest BCUT2D eigenvalue weighted by molar-refractivity contribution is -0.274. The predicted molar refractivity (Wildman–Crippen MR) is 102 cm³/mol. The molecule has 29 heavy (non-hydrogen) atoms. The molecule has 150 valence electrons. The Bertz CT molecular complexity index is 975. The van der Waals surface area contributed by atoms with Gasteiger partial charge >= 0.3 is 6.36 Å². The van der Waals surface area contributed by atoms with Crippen molar-refractivity contribution in [3.8, 4) is 11.5 Å². The van der Waals surface area contributed by atoms with Crippen LogP contribution < -0.4 is 20.1 Å². The van der Waals surface area contributed by atoms with Crippen molar-refractivity contribution < 1.29 is 27.4 Å². The van der Waals surface area contributed by atoms with Crippen molar-refractivity contribution in [2.75, 3.05) is 17.7 Å². The fraction of sp³-hybridized carbons (Fsp3) is 0.100. The van der Waals surface area contributed by atoms with E-state index in [0.29, 0.717) is 17.1 Å². The number of rotatable bonds is 6. The second-order valence-electron chi connectivity index (χ2n) is 5.78. The summed E-state index contributed by atoms with van der Waals surface area (Å²) >= 11 is 0. The summed E-state index contributed by atoms with van der Waals surface area (Å²) in [7, 11) is 1.54. The normalized spacial score (nSPS) is 10.9. The quantitative estimate of drug-likeness (QED) is 0.607. The number of carbonyl (C=O) groups is 1. The second kappa shape index (κ2) is 8.51. The average molecular weight is 403 g/mol. The Balaban J connectivity index is 1.73. The third-order valence-corrected chi connectivity index (χ3v) is 3.75. The third kappa shape index (κ3) is 5.61. The van der Waals surface area contributed by atoms with Gasteiger partial charge in [-0.25, -0.2) is 4.98 Å². The summed E-state index contributed by atoms with van der Waals surface area (Å²) in [6.45, 7) is 0. The average Bonchev–Trinajstić information content (AvgIpc) is 2.69. The first-order valence-corrected chi connectivity index (χ1v) is 8.37. The minimum atomic E-state index is -4.76. The van der Waals surface area contributed by atoms with Crippen LogP contribution in [-0.4, -0.2) is 24.4 Å².